The minimum Gasteiger partial charge on any atom is -0.396 e. The molecule has 1 amide bonds. The number of rotatable bonds is 11. The molecule has 0 radical (unpaired) electrons. The summed E-state index contributed by atoms with van der Waals surface area (Å²) in [7, 11) is 0. The van der Waals surface area contributed by atoms with E-state index in [1.165, 1.54) is 5.56 Å². The van der Waals surface area contributed by atoms with Crippen molar-refractivity contribution in [1.82, 2.24) is 5.32 Å². The molecular weight excluding hydrogens is 306 g/mol. The van der Waals surface area contributed by atoms with Gasteiger partial charge in [0.1, 0.15) is 11.9 Å². The summed E-state index contributed by atoms with van der Waals surface area (Å²) in [5, 5.41) is 21.6. The molecule has 5 nitrogen and oxygen atoms in total. The summed E-state index contributed by atoms with van der Waals surface area (Å²) >= 11 is 0. The number of aryl methyl sites for hydroxylation is 1. The molecule has 0 saturated heterocycles. The van der Waals surface area contributed by atoms with Crippen LogP contribution in [0.1, 0.15) is 45.1 Å². The highest BCUT2D eigenvalue weighted by molar-refractivity contribution is 5.81. The zero-order valence-electron chi connectivity index (χ0n) is 14.6. The number of benzene rings is 1. The second kappa shape index (κ2) is 10.2. The molecule has 0 aliphatic carbocycles. The van der Waals surface area contributed by atoms with Gasteiger partial charge in [-0.25, -0.2) is 0 Å². The second-order valence-corrected chi connectivity index (χ2v) is 6.82. The van der Waals surface area contributed by atoms with E-state index in [0.717, 1.165) is 12.8 Å². The summed E-state index contributed by atoms with van der Waals surface area (Å²) in [6.07, 6.45) is 1.99. The van der Waals surface area contributed by atoms with Gasteiger partial charge in [-0.1, -0.05) is 44.2 Å². The first-order valence-electron chi connectivity index (χ1n) is 8.49. The van der Waals surface area contributed by atoms with Crippen LogP contribution in [0.15, 0.2) is 30.3 Å². The van der Waals surface area contributed by atoms with E-state index in [0.29, 0.717) is 25.8 Å². The van der Waals surface area contributed by atoms with E-state index in [9.17, 15) is 14.7 Å². The smallest absolute Gasteiger partial charge is 0.249 e. The third-order valence-corrected chi connectivity index (χ3v) is 4.09. The third kappa shape index (κ3) is 7.23. The van der Waals surface area contributed by atoms with E-state index in [4.69, 9.17) is 5.11 Å². The largest absolute Gasteiger partial charge is 0.396 e. The van der Waals surface area contributed by atoms with E-state index >= 15 is 0 Å². The molecule has 0 fully saturated rings. The van der Waals surface area contributed by atoms with Gasteiger partial charge in [-0.2, -0.15) is 0 Å². The van der Waals surface area contributed by atoms with Crippen LogP contribution in [-0.4, -0.2) is 41.2 Å². The average molecular weight is 335 g/mol. The number of nitrogens with one attached hydrogen (secondary N) is 1. The molecule has 0 heterocycles. The van der Waals surface area contributed by atoms with E-state index in [2.05, 4.69) is 17.4 Å². The Kier molecular flexibility index (Phi) is 8.65. The molecule has 0 aromatic heterocycles. The van der Waals surface area contributed by atoms with Gasteiger partial charge in [0.15, 0.2) is 0 Å². The van der Waals surface area contributed by atoms with Crippen molar-refractivity contribution in [2.75, 3.05) is 13.2 Å². The normalized spacial score (nSPS) is 12.7. The van der Waals surface area contributed by atoms with Gasteiger partial charge in [-0.3, -0.25) is 9.59 Å². The van der Waals surface area contributed by atoms with Gasteiger partial charge in [0.05, 0.1) is 6.61 Å². The fraction of sp³-hybridized carbons (Fsp3) is 0.579. The molecule has 134 valence electrons. The first-order chi connectivity index (χ1) is 11.4. The molecule has 1 aromatic carbocycles. The molecule has 5 heteroatoms. The van der Waals surface area contributed by atoms with Crippen LogP contribution in [0.2, 0.25) is 0 Å². The summed E-state index contributed by atoms with van der Waals surface area (Å²) in [5.74, 6) is -0.318. The van der Waals surface area contributed by atoms with Crippen LogP contribution in [0.3, 0.4) is 0 Å². The minimum absolute atomic E-state index is 0.191. The molecule has 0 aliphatic heterocycles. The van der Waals surface area contributed by atoms with E-state index in [-0.39, 0.29) is 12.4 Å². The quantitative estimate of drug-likeness (QED) is 0.539. The fourth-order valence-corrected chi connectivity index (χ4v) is 2.29. The Morgan fingerprint density at radius 2 is 1.75 bits per heavy atom. The standard InChI is InChI=1S/C19H29NO4/c1-19(2,14-21)17(23)18(24)20-13-7-12-16(22)11-6-10-15-8-4-3-5-9-15/h3-5,8-9,17,21,23H,6-7,10-14H2,1-2H3,(H,20,24)/t17-/m0/s1. The molecule has 24 heavy (non-hydrogen) atoms. The Labute approximate surface area is 144 Å². The van der Waals surface area contributed by atoms with Gasteiger partial charge < -0.3 is 15.5 Å². The highest BCUT2D eigenvalue weighted by atomic mass is 16.3. The fourth-order valence-electron chi connectivity index (χ4n) is 2.29. The van der Waals surface area contributed by atoms with Gasteiger partial charge >= 0.3 is 0 Å². The average Bonchev–Trinajstić information content (AvgIpc) is 2.58. The molecule has 0 unspecified atom stereocenters. The Balaban J connectivity index is 2.14. The number of aliphatic hydroxyl groups is 2. The van der Waals surface area contributed by atoms with Crippen LogP contribution in [-0.2, 0) is 16.0 Å². The maximum Gasteiger partial charge on any atom is 0.249 e. The molecule has 1 atom stereocenters. The lowest BCUT2D eigenvalue weighted by molar-refractivity contribution is -0.137. The van der Waals surface area contributed by atoms with Crippen LogP contribution in [0.5, 0.6) is 0 Å². The summed E-state index contributed by atoms with van der Waals surface area (Å²) in [6, 6.07) is 10.1. The molecule has 0 spiro atoms. The van der Waals surface area contributed by atoms with E-state index < -0.39 is 17.4 Å². The van der Waals surface area contributed by atoms with Crippen molar-refractivity contribution in [3.05, 3.63) is 35.9 Å². The third-order valence-electron chi connectivity index (χ3n) is 4.09. The molecule has 0 saturated carbocycles. The zero-order chi connectivity index (χ0) is 18.0. The van der Waals surface area contributed by atoms with Crippen LogP contribution < -0.4 is 5.32 Å². The van der Waals surface area contributed by atoms with Crippen molar-refractivity contribution in [1.29, 1.82) is 0 Å². The molecule has 1 rings (SSSR count). The second-order valence-electron chi connectivity index (χ2n) is 6.82. The maximum absolute atomic E-state index is 11.8. The summed E-state index contributed by atoms with van der Waals surface area (Å²) in [6.45, 7) is 3.31. The van der Waals surface area contributed by atoms with Gasteiger partial charge in [-0.15, -0.1) is 0 Å². The topological polar surface area (TPSA) is 86.6 Å². The molecule has 3 N–H and O–H groups in total. The number of amides is 1. The predicted molar refractivity (Wildman–Crippen MR) is 93.5 cm³/mol. The lowest BCUT2D eigenvalue weighted by atomic mass is 9.87. The Morgan fingerprint density at radius 3 is 2.38 bits per heavy atom. The Hall–Kier alpha value is -1.72. The number of hydrogen-bond donors (Lipinski definition) is 3. The van der Waals surface area contributed by atoms with Crippen molar-refractivity contribution in [3.63, 3.8) is 0 Å². The highest BCUT2D eigenvalue weighted by Gasteiger charge is 2.32. The Bertz CT molecular complexity index is 513. The number of Topliss-reactive ketones (excluding diaryl/α,β-unsaturated/α-hetero) is 1. The van der Waals surface area contributed by atoms with Crippen LogP contribution in [0.25, 0.3) is 0 Å². The number of carbonyl (C=O) groups excluding carboxylic acids is 2. The van der Waals surface area contributed by atoms with Gasteiger partial charge in [0.25, 0.3) is 0 Å². The van der Waals surface area contributed by atoms with Crippen LogP contribution in [0, 0.1) is 5.41 Å². The van der Waals surface area contributed by atoms with Crippen molar-refractivity contribution in [2.24, 2.45) is 5.41 Å². The molecular formula is C19H29NO4. The summed E-state index contributed by atoms with van der Waals surface area (Å²) in [4.78, 5) is 23.6. The summed E-state index contributed by atoms with van der Waals surface area (Å²) in [5.41, 5.74) is 0.357. The monoisotopic (exact) mass is 335 g/mol. The first-order valence-corrected chi connectivity index (χ1v) is 8.49. The van der Waals surface area contributed by atoms with Crippen molar-refractivity contribution < 1.29 is 19.8 Å². The lowest BCUT2D eigenvalue weighted by Crippen LogP contribution is -2.45. The molecule has 0 aliphatic rings. The first kappa shape index (κ1) is 20.3. The number of carbonyl (C=O) groups is 2. The number of aliphatic hydroxyl groups excluding tert-OH is 2. The zero-order valence-corrected chi connectivity index (χ0v) is 14.6. The van der Waals surface area contributed by atoms with Crippen LogP contribution >= 0.6 is 0 Å². The van der Waals surface area contributed by atoms with E-state index in [1.807, 2.05) is 18.2 Å². The van der Waals surface area contributed by atoms with Gasteiger partial charge in [0.2, 0.25) is 5.91 Å². The number of ketones is 1. The SMILES string of the molecule is CC(C)(CO)[C@@H](O)C(=O)NCCCC(=O)CCCc1ccccc1. The Morgan fingerprint density at radius 1 is 1.12 bits per heavy atom. The van der Waals surface area contributed by atoms with E-state index in [1.54, 1.807) is 13.8 Å². The summed E-state index contributed by atoms with van der Waals surface area (Å²) < 4.78 is 0. The van der Waals surface area contributed by atoms with Gasteiger partial charge in [0, 0.05) is 24.8 Å². The van der Waals surface area contributed by atoms with Gasteiger partial charge in [-0.05, 0) is 24.8 Å². The van der Waals surface area contributed by atoms with Crippen LogP contribution in [0.4, 0.5) is 0 Å². The highest BCUT2D eigenvalue weighted by Crippen LogP contribution is 2.19. The van der Waals surface area contributed by atoms with Crippen molar-refractivity contribution >= 4 is 11.7 Å². The lowest BCUT2D eigenvalue weighted by Gasteiger charge is -2.27. The van der Waals surface area contributed by atoms with Crippen molar-refractivity contribution in [2.45, 2.75) is 52.1 Å². The molecule has 1 aromatic rings. The molecule has 0 bridgehead atoms. The maximum atomic E-state index is 11.8. The number of hydrogen-bond acceptors (Lipinski definition) is 4. The predicted octanol–water partition coefficient (Wildman–Crippen LogP) is 1.85. The van der Waals surface area contributed by atoms with Crippen molar-refractivity contribution in [3.8, 4) is 0 Å². The minimum atomic E-state index is -1.26.